The fourth-order valence-electron chi connectivity index (χ4n) is 2.46. The summed E-state index contributed by atoms with van der Waals surface area (Å²) in [6.45, 7) is 0. The van der Waals surface area contributed by atoms with E-state index >= 15 is 0 Å². The van der Waals surface area contributed by atoms with Crippen LogP contribution in [0.3, 0.4) is 0 Å². The van der Waals surface area contributed by atoms with Gasteiger partial charge in [-0.15, -0.1) is 0 Å². The first-order valence-electron chi connectivity index (χ1n) is 6.80. The van der Waals surface area contributed by atoms with Crippen molar-refractivity contribution in [3.8, 4) is 0 Å². The lowest BCUT2D eigenvalue weighted by molar-refractivity contribution is -0.165. The standard InChI is InChI=1S/C18H11F3O2/c19-18(20,21)17(23)10-16(22)13-7-8-15-12(9-13)6-5-11-3-1-2-4-14(11)15/h1-10,22H. The number of allylic oxidation sites excluding steroid dienone is 1. The molecule has 0 aliphatic rings. The van der Waals surface area contributed by atoms with E-state index in [1.54, 1.807) is 12.1 Å². The third-order valence-corrected chi connectivity index (χ3v) is 3.59. The number of fused-ring (bicyclic) bond motifs is 3. The quantitative estimate of drug-likeness (QED) is 0.409. The zero-order valence-corrected chi connectivity index (χ0v) is 11.8. The van der Waals surface area contributed by atoms with Crippen LogP contribution < -0.4 is 0 Å². The molecule has 5 heteroatoms. The number of carbonyl (C=O) groups excluding carboxylic acids is 1. The van der Waals surface area contributed by atoms with E-state index in [1.165, 1.54) is 6.07 Å². The predicted octanol–water partition coefficient (Wildman–Crippen LogP) is 5.02. The van der Waals surface area contributed by atoms with Crippen LogP contribution in [0.2, 0.25) is 0 Å². The Kier molecular flexibility index (Phi) is 3.56. The van der Waals surface area contributed by atoms with Gasteiger partial charge >= 0.3 is 6.18 Å². The second-order valence-electron chi connectivity index (χ2n) is 5.11. The summed E-state index contributed by atoms with van der Waals surface area (Å²) in [5.74, 6) is -2.80. The number of hydrogen-bond donors (Lipinski definition) is 1. The van der Waals surface area contributed by atoms with Crippen LogP contribution in [-0.4, -0.2) is 17.1 Å². The lowest BCUT2D eigenvalue weighted by Crippen LogP contribution is -2.20. The van der Waals surface area contributed by atoms with Gasteiger partial charge in [0.1, 0.15) is 5.76 Å². The summed E-state index contributed by atoms with van der Waals surface area (Å²) >= 11 is 0. The number of rotatable bonds is 2. The molecule has 0 aromatic heterocycles. The summed E-state index contributed by atoms with van der Waals surface area (Å²) in [6, 6.07) is 16.2. The van der Waals surface area contributed by atoms with Gasteiger partial charge in [-0.05, 0) is 27.6 Å². The fraction of sp³-hybridized carbons (Fsp3) is 0.0556. The topological polar surface area (TPSA) is 37.3 Å². The van der Waals surface area contributed by atoms with Gasteiger partial charge in [0.05, 0.1) is 0 Å². The number of benzene rings is 3. The van der Waals surface area contributed by atoms with Crippen molar-refractivity contribution >= 4 is 33.1 Å². The Morgan fingerprint density at radius 1 is 0.913 bits per heavy atom. The Bertz CT molecular complexity index is 940. The first-order valence-corrected chi connectivity index (χ1v) is 6.80. The molecule has 0 fully saturated rings. The number of alkyl halides is 3. The molecule has 0 aliphatic heterocycles. The van der Waals surface area contributed by atoms with Crippen LogP contribution in [0.4, 0.5) is 13.2 Å². The molecule has 23 heavy (non-hydrogen) atoms. The van der Waals surface area contributed by atoms with Crippen LogP contribution in [0, 0.1) is 0 Å². The largest absolute Gasteiger partial charge is 0.507 e. The second-order valence-corrected chi connectivity index (χ2v) is 5.11. The molecule has 0 spiro atoms. The van der Waals surface area contributed by atoms with E-state index in [9.17, 15) is 23.1 Å². The van der Waals surface area contributed by atoms with Crippen LogP contribution in [0.25, 0.3) is 27.3 Å². The van der Waals surface area contributed by atoms with Crippen molar-refractivity contribution in [3.05, 3.63) is 66.2 Å². The van der Waals surface area contributed by atoms with Gasteiger partial charge in [0, 0.05) is 11.6 Å². The van der Waals surface area contributed by atoms with E-state index in [0.29, 0.717) is 0 Å². The highest BCUT2D eigenvalue weighted by molar-refractivity contribution is 6.08. The van der Waals surface area contributed by atoms with E-state index < -0.39 is 17.7 Å². The van der Waals surface area contributed by atoms with Gasteiger partial charge in [-0.25, -0.2) is 0 Å². The molecule has 116 valence electrons. The van der Waals surface area contributed by atoms with Crippen molar-refractivity contribution in [3.63, 3.8) is 0 Å². The highest BCUT2D eigenvalue weighted by Crippen LogP contribution is 2.28. The van der Waals surface area contributed by atoms with Gasteiger partial charge in [0.15, 0.2) is 0 Å². The number of hydrogen-bond acceptors (Lipinski definition) is 2. The fourth-order valence-corrected chi connectivity index (χ4v) is 2.46. The molecule has 3 aromatic carbocycles. The monoisotopic (exact) mass is 316 g/mol. The number of aliphatic hydroxyl groups excluding tert-OH is 1. The molecule has 0 bridgehead atoms. The van der Waals surface area contributed by atoms with Gasteiger partial charge in [-0.3, -0.25) is 4.79 Å². The van der Waals surface area contributed by atoms with Crippen LogP contribution in [0.5, 0.6) is 0 Å². The Morgan fingerprint density at radius 3 is 2.30 bits per heavy atom. The highest BCUT2D eigenvalue weighted by Gasteiger charge is 2.37. The van der Waals surface area contributed by atoms with E-state index in [4.69, 9.17) is 0 Å². The van der Waals surface area contributed by atoms with Crippen LogP contribution in [0.15, 0.2) is 60.7 Å². The molecule has 3 rings (SSSR count). The van der Waals surface area contributed by atoms with E-state index in [-0.39, 0.29) is 11.6 Å². The zero-order chi connectivity index (χ0) is 16.6. The molecule has 0 heterocycles. The summed E-state index contributed by atoms with van der Waals surface area (Å²) in [7, 11) is 0. The molecule has 0 aliphatic carbocycles. The smallest absolute Gasteiger partial charge is 0.454 e. The van der Waals surface area contributed by atoms with Crippen molar-refractivity contribution in [2.75, 3.05) is 0 Å². The van der Waals surface area contributed by atoms with Crippen molar-refractivity contribution in [2.24, 2.45) is 0 Å². The summed E-state index contributed by atoms with van der Waals surface area (Å²) in [6.07, 6.45) is -4.80. The van der Waals surface area contributed by atoms with Crippen molar-refractivity contribution < 1.29 is 23.1 Å². The highest BCUT2D eigenvalue weighted by atomic mass is 19.4. The molecule has 0 atom stereocenters. The molecular weight excluding hydrogens is 305 g/mol. The van der Waals surface area contributed by atoms with Crippen LogP contribution >= 0.6 is 0 Å². The van der Waals surface area contributed by atoms with Gasteiger partial charge in [-0.1, -0.05) is 48.5 Å². The molecular formula is C18H11F3O2. The Balaban J connectivity index is 2.09. The van der Waals surface area contributed by atoms with Gasteiger partial charge in [-0.2, -0.15) is 13.2 Å². The van der Waals surface area contributed by atoms with Gasteiger partial charge < -0.3 is 5.11 Å². The molecule has 0 unspecified atom stereocenters. The number of aliphatic hydroxyl groups is 1. The average Bonchev–Trinajstić information content (AvgIpc) is 2.53. The Labute approximate surface area is 129 Å². The summed E-state index contributed by atoms with van der Waals surface area (Å²) in [4.78, 5) is 10.9. The molecule has 3 aromatic rings. The lowest BCUT2D eigenvalue weighted by Gasteiger charge is -2.07. The van der Waals surface area contributed by atoms with Crippen molar-refractivity contribution in [1.29, 1.82) is 0 Å². The van der Waals surface area contributed by atoms with Crippen molar-refractivity contribution in [1.82, 2.24) is 0 Å². The van der Waals surface area contributed by atoms with Crippen LogP contribution in [0.1, 0.15) is 5.56 Å². The van der Waals surface area contributed by atoms with Gasteiger partial charge in [0.2, 0.25) is 0 Å². The third kappa shape index (κ3) is 2.90. The summed E-state index contributed by atoms with van der Waals surface area (Å²) < 4.78 is 36.7. The van der Waals surface area contributed by atoms with E-state index in [1.807, 2.05) is 36.4 Å². The predicted molar refractivity (Wildman–Crippen MR) is 83.1 cm³/mol. The number of carbonyl (C=O) groups is 1. The van der Waals surface area contributed by atoms with Crippen LogP contribution in [-0.2, 0) is 4.79 Å². The van der Waals surface area contributed by atoms with Gasteiger partial charge in [0.25, 0.3) is 5.78 Å². The normalized spacial score (nSPS) is 12.7. The maximum absolute atomic E-state index is 12.2. The minimum Gasteiger partial charge on any atom is -0.507 e. The van der Waals surface area contributed by atoms with E-state index in [0.717, 1.165) is 21.5 Å². The molecule has 0 saturated heterocycles. The number of halogens is 3. The van der Waals surface area contributed by atoms with E-state index in [2.05, 4.69) is 0 Å². The minimum absolute atomic E-state index is 0.158. The molecule has 2 nitrogen and oxygen atoms in total. The Hall–Kier alpha value is -2.82. The first kappa shape index (κ1) is 15.1. The molecule has 0 amide bonds. The molecule has 1 N–H and O–H groups in total. The Morgan fingerprint density at radius 2 is 1.57 bits per heavy atom. The minimum atomic E-state index is -5.00. The summed E-state index contributed by atoms with van der Waals surface area (Å²) in [5, 5.41) is 13.5. The maximum atomic E-state index is 12.2. The summed E-state index contributed by atoms with van der Waals surface area (Å²) in [5.41, 5.74) is 0.158. The SMILES string of the molecule is O=C(C=C(O)c1ccc2c(ccc3ccccc32)c1)C(F)(F)F. The molecule has 0 radical (unpaired) electrons. The number of ketones is 1. The average molecular weight is 316 g/mol. The van der Waals surface area contributed by atoms with Crippen molar-refractivity contribution in [2.45, 2.75) is 6.18 Å². The second kappa shape index (κ2) is 5.43. The third-order valence-electron chi connectivity index (χ3n) is 3.59. The lowest BCUT2D eigenvalue weighted by atomic mass is 9.99. The molecule has 0 saturated carbocycles. The first-order chi connectivity index (χ1) is 10.9. The zero-order valence-electron chi connectivity index (χ0n) is 11.8. The maximum Gasteiger partial charge on any atom is 0.454 e.